The highest BCUT2D eigenvalue weighted by Gasteiger charge is 2.33. The number of hydrogen-bond acceptors (Lipinski definition) is 6. The maximum Gasteiger partial charge on any atom is 0.312 e. The van der Waals surface area contributed by atoms with Crippen LogP contribution in [0.4, 0.5) is 10.2 Å². The monoisotopic (exact) mass is 253 g/mol. The van der Waals surface area contributed by atoms with E-state index >= 15 is 0 Å². The van der Waals surface area contributed by atoms with Crippen molar-refractivity contribution >= 4 is 17.0 Å². The molecule has 3 N–H and O–H groups in total. The third-order valence-electron chi connectivity index (χ3n) is 3.09. The van der Waals surface area contributed by atoms with Gasteiger partial charge in [0.25, 0.3) is 0 Å². The zero-order valence-electron chi connectivity index (χ0n) is 9.62. The van der Waals surface area contributed by atoms with Gasteiger partial charge in [-0.2, -0.15) is 14.4 Å². The van der Waals surface area contributed by atoms with Crippen molar-refractivity contribution < 1.29 is 14.2 Å². The summed E-state index contributed by atoms with van der Waals surface area (Å²) in [6, 6.07) is 0. The van der Waals surface area contributed by atoms with Crippen molar-refractivity contribution in [1.29, 1.82) is 0 Å². The van der Waals surface area contributed by atoms with Crippen LogP contribution in [0, 0.1) is 6.08 Å². The Morgan fingerprint density at radius 1 is 1.56 bits per heavy atom. The Kier molecular flexibility index (Phi) is 2.42. The molecule has 3 heterocycles. The number of hydrogen-bond donors (Lipinski definition) is 2. The molecule has 3 unspecified atom stereocenters. The summed E-state index contributed by atoms with van der Waals surface area (Å²) in [5.74, 6) is -0.0113. The SMILES string of the molecule is CC1OC(n2cnc3c(N)nc(F)nc32)CC1O. The van der Waals surface area contributed by atoms with E-state index in [9.17, 15) is 9.50 Å². The first kappa shape index (κ1) is 11.3. The molecule has 2 aromatic heterocycles. The summed E-state index contributed by atoms with van der Waals surface area (Å²) in [6.07, 6.45) is -0.307. The first-order valence-electron chi connectivity index (χ1n) is 5.55. The molecular formula is C10H12FN5O2. The number of aliphatic hydroxyl groups excluding tert-OH is 1. The first-order chi connectivity index (χ1) is 8.56. The molecular weight excluding hydrogens is 241 g/mol. The lowest BCUT2D eigenvalue weighted by molar-refractivity contribution is -0.00636. The molecule has 0 spiro atoms. The van der Waals surface area contributed by atoms with E-state index in [0.29, 0.717) is 11.9 Å². The zero-order chi connectivity index (χ0) is 12.9. The Morgan fingerprint density at radius 2 is 2.33 bits per heavy atom. The Morgan fingerprint density at radius 3 is 3.00 bits per heavy atom. The van der Waals surface area contributed by atoms with Crippen molar-refractivity contribution in [3.05, 3.63) is 12.4 Å². The van der Waals surface area contributed by atoms with Crippen LogP contribution in [0.15, 0.2) is 6.33 Å². The van der Waals surface area contributed by atoms with Gasteiger partial charge < -0.3 is 15.6 Å². The minimum Gasteiger partial charge on any atom is -0.390 e. The first-order valence-corrected chi connectivity index (χ1v) is 5.55. The molecule has 0 aromatic carbocycles. The Hall–Kier alpha value is -1.80. The number of aromatic nitrogens is 4. The second-order valence-electron chi connectivity index (χ2n) is 4.30. The molecule has 0 bridgehead atoms. The molecule has 3 rings (SSSR count). The Labute approximate surface area is 101 Å². The van der Waals surface area contributed by atoms with Crippen LogP contribution in [0.5, 0.6) is 0 Å². The third kappa shape index (κ3) is 1.61. The van der Waals surface area contributed by atoms with E-state index in [1.807, 2.05) is 0 Å². The lowest BCUT2D eigenvalue weighted by Gasteiger charge is -2.12. The fourth-order valence-corrected chi connectivity index (χ4v) is 2.09. The van der Waals surface area contributed by atoms with Gasteiger partial charge in [0, 0.05) is 6.42 Å². The van der Waals surface area contributed by atoms with Crippen LogP contribution in [-0.4, -0.2) is 36.8 Å². The Balaban J connectivity index is 2.08. The molecule has 7 nitrogen and oxygen atoms in total. The molecule has 2 aromatic rings. The number of ether oxygens (including phenoxy) is 1. The van der Waals surface area contributed by atoms with Crippen molar-refractivity contribution in [2.75, 3.05) is 5.73 Å². The standard InChI is InChI=1S/C10H12FN5O2/c1-4-5(17)2-6(18-4)16-3-13-7-8(12)14-10(11)15-9(7)16/h3-6,17H,2H2,1H3,(H2,12,14,15). The van der Waals surface area contributed by atoms with Crippen LogP contribution in [0.1, 0.15) is 19.6 Å². The van der Waals surface area contributed by atoms with Crippen LogP contribution < -0.4 is 5.73 Å². The van der Waals surface area contributed by atoms with Crippen molar-refractivity contribution in [2.45, 2.75) is 31.8 Å². The second-order valence-corrected chi connectivity index (χ2v) is 4.30. The van der Waals surface area contributed by atoms with E-state index in [1.54, 1.807) is 11.5 Å². The van der Waals surface area contributed by atoms with Crippen LogP contribution in [0.3, 0.4) is 0 Å². The largest absolute Gasteiger partial charge is 0.390 e. The third-order valence-corrected chi connectivity index (χ3v) is 3.09. The van der Waals surface area contributed by atoms with Gasteiger partial charge in [-0.25, -0.2) is 4.98 Å². The minimum atomic E-state index is -0.909. The molecule has 1 saturated heterocycles. The number of aliphatic hydroxyl groups is 1. The summed E-state index contributed by atoms with van der Waals surface area (Å²) in [4.78, 5) is 11.1. The summed E-state index contributed by atoms with van der Waals surface area (Å²) in [5, 5.41) is 9.66. The molecule has 1 fully saturated rings. The highest BCUT2D eigenvalue weighted by Crippen LogP contribution is 2.31. The molecule has 0 amide bonds. The smallest absolute Gasteiger partial charge is 0.312 e. The van der Waals surface area contributed by atoms with E-state index < -0.39 is 18.4 Å². The zero-order valence-corrected chi connectivity index (χ0v) is 9.62. The molecule has 1 aliphatic heterocycles. The van der Waals surface area contributed by atoms with Crippen molar-refractivity contribution in [1.82, 2.24) is 19.5 Å². The predicted molar refractivity (Wildman–Crippen MR) is 59.9 cm³/mol. The summed E-state index contributed by atoms with van der Waals surface area (Å²) in [7, 11) is 0. The maximum absolute atomic E-state index is 13.2. The molecule has 3 atom stereocenters. The molecule has 96 valence electrons. The van der Waals surface area contributed by atoms with Gasteiger partial charge in [0.1, 0.15) is 6.23 Å². The van der Waals surface area contributed by atoms with Gasteiger partial charge in [0.2, 0.25) is 0 Å². The quantitative estimate of drug-likeness (QED) is 0.705. The second kappa shape index (κ2) is 3.85. The average molecular weight is 253 g/mol. The molecule has 0 saturated carbocycles. The number of nitrogen functional groups attached to an aromatic ring is 1. The van der Waals surface area contributed by atoms with E-state index in [0.717, 1.165) is 0 Å². The summed E-state index contributed by atoms with van der Waals surface area (Å²) >= 11 is 0. The minimum absolute atomic E-state index is 0.0113. The average Bonchev–Trinajstić information content (AvgIpc) is 2.83. The summed E-state index contributed by atoms with van der Waals surface area (Å²) < 4.78 is 20.3. The van der Waals surface area contributed by atoms with E-state index in [4.69, 9.17) is 10.5 Å². The molecule has 1 aliphatic rings. The topological polar surface area (TPSA) is 99.1 Å². The van der Waals surface area contributed by atoms with E-state index in [1.165, 1.54) is 6.33 Å². The number of anilines is 1. The normalized spacial score (nSPS) is 28.1. The maximum atomic E-state index is 13.2. The predicted octanol–water partition coefficient (Wildman–Crippen LogP) is 0.216. The van der Waals surface area contributed by atoms with Gasteiger partial charge in [-0.15, -0.1) is 0 Å². The van der Waals surface area contributed by atoms with Crippen molar-refractivity contribution in [3.8, 4) is 0 Å². The van der Waals surface area contributed by atoms with Gasteiger partial charge >= 0.3 is 6.08 Å². The van der Waals surface area contributed by atoms with Gasteiger partial charge in [0.15, 0.2) is 17.0 Å². The van der Waals surface area contributed by atoms with Crippen LogP contribution in [0.2, 0.25) is 0 Å². The highest BCUT2D eigenvalue weighted by atomic mass is 19.1. The van der Waals surface area contributed by atoms with Crippen molar-refractivity contribution in [3.63, 3.8) is 0 Å². The van der Waals surface area contributed by atoms with Crippen LogP contribution in [0.25, 0.3) is 11.2 Å². The lowest BCUT2D eigenvalue weighted by Crippen LogP contribution is -2.15. The van der Waals surface area contributed by atoms with Crippen LogP contribution in [-0.2, 0) is 4.74 Å². The summed E-state index contributed by atoms with van der Waals surface area (Å²) in [6.45, 7) is 1.77. The van der Waals surface area contributed by atoms with Crippen LogP contribution >= 0.6 is 0 Å². The van der Waals surface area contributed by atoms with Gasteiger partial charge in [0.05, 0.1) is 18.5 Å². The Bertz CT molecular complexity index is 591. The summed E-state index contributed by atoms with van der Waals surface area (Å²) in [5.41, 5.74) is 6.16. The van der Waals surface area contributed by atoms with E-state index in [-0.39, 0.29) is 17.6 Å². The number of nitrogens with two attached hydrogens (primary N) is 1. The number of nitrogens with zero attached hydrogens (tertiary/aromatic N) is 4. The van der Waals surface area contributed by atoms with Gasteiger partial charge in [-0.3, -0.25) is 4.57 Å². The molecule has 8 heteroatoms. The fourth-order valence-electron chi connectivity index (χ4n) is 2.09. The van der Waals surface area contributed by atoms with Gasteiger partial charge in [-0.1, -0.05) is 0 Å². The number of imidazole rings is 1. The highest BCUT2D eigenvalue weighted by molar-refractivity contribution is 5.81. The lowest BCUT2D eigenvalue weighted by atomic mass is 10.2. The molecule has 0 radical (unpaired) electrons. The van der Waals surface area contributed by atoms with E-state index in [2.05, 4.69) is 15.0 Å². The number of rotatable bonds is 1. The molecule has 18 heavy (non-hydrogen) atoms. The fraction of sp³-hybridized carbons (Fsp3) is 0.500. The molecule has 0 aliphatic carbocycles. The number of fused-ring (bicyclic) bond motifs is 1. The van der Waals surface area contributed by atoms with Crippen molar-refractivity contribution in [2.24, 2.45) is 0 Å². The number of halogens is 1. The van der Waals surface area contributed by atoms with Gasteiger partial charge in [-0.05, 0) is 6.92 Å².